The van der Waals surface area contributed by atoms with Crippen LogP contribution in [0.15, 0.2) is 48.5 Å². The lowest BCUT2D eigenvalue weighted by atomic mass is 10.1. The van der Waals surface area contributed by atoms with E-state index in [2.05, 4.69) is 0 Å². The fourth-order valence-electron chi connectivity index (χ4n) is 2.15. The minimum absolute atomic E-state index is 0.153. The van der Waals surface area contributed by atoms with Crippen LogP contribution >= 0.6 is 11.6 Å². The van der Waals surface area contributed by atoms with Crippen molar-refractivity contribution in [2.75, 3.05) is 11.4 Å². The van der Waals surface area contributed by atoms with Gasteiger partial charge in [0.25, 0.3) is 0 Å². The van der Waals surface area contributed by atoms with Crippen molar-refractivity contribution in [3.63, 3.8) is 0 Å². The molecule has 0 amide bonds. The Hall–Kier alpha value is -2.07. The quantitative estimate of drug-likeness (QED) is 0.903. The third kappa shape index (κ3) is 3.95. The summed E-state index contributed by atoms with van der Waals surface area (Å²) in [4.78, 5) is 12.8. The highest BCUT2D eigenvalue weighted by atomic mass is 35.5. The molecule has 0 saturated carbocycles. The fraction of sp³-hybridized carbons (Fsp3) is 0.188. The molecule has 0 spiro atoms. The predicted octanol–water partition coefficient (Wildman–Crippen LogP) is 4.13. The van der Waals surface area contributed by atoms with Crippen LogP contribution in [-0.4, -0.2) is 17.6 Å². The zero-order valence-corrected chi connectivity index (χ0v) is 12.2. The first-order valence-electron chi connectivity index (χ1n) is 6.47. The summed E-state index contributed by atoms with van der Waals surface area (Å²) in [5.41, 5.74) is 1.59. The Morgan fingerprint density at radius 3 is 2.29 bits per heavy atom. The van der Waals surface area contributed by atoms with Crippen molar-refractivity contribution in [2.45, 2.75) is 13.0 Å². The predicted molar refractivity (Wildman–Crippen MR) is 81.2 cm³/mol. The maximum Gasteiger partial charge on any atom is 0.323 e. The van der Waals surface area contributed by atoms with Crippen LogP contribution in [-0.2, 0) is 4.79 Å². The number of carboxylic acid groups (broad SMARTS) is 1. The van der Waals surface area contributed by atoms with Crippen LogP contribution < -0.4 is 4.90 Å². The monoisotopic (exact) mass is 307 g/mol. The number of carbonyl (C=O) groups is 1. The number of aliphatic carboxylic acids is 1. The zero-order chi connectivity index (χ0) is 15.4. The largest absolute Gasteiger partial charge is 0.480 e. The Bertz CT molecular complexity index is 613. The first-order chi connectivity index (χ1) is 9.97. The van der Waals surface area contributed by atoms with E-state index in [0.29, 0.717) is 5.02 Å². The molecule has 1 unspecified atom stereocenters. The van der Waals surface area contributed by atoms with Crippen LogP contribution in [0.1, 0.15) is 18.5 Å². The molecule has 0 heterocycles. The standard InChI is InChI=1S/C16H15ClFNO2/c1-11(12-2-6-14(18)7-3-12)19(10-16(20)21)15-8-4-13(17)5-9-15/h2-9,11H,10H2,1H3,(H,20,21). The van der Waals surface area contributed by atoms with Crippen LogP contribution in [0.4, 0.5) is 10.1 Å². The molecule has 3 nitrogen and oxygen atoms in total. The summed E-state index contributed by atoms with van der Waals surface area (Å²) in [6, 6.07) is 12.8. The number of hydrogen-bond donors (Lipinski definition) is 1. The second kappa shape index (κ2) is 6.59. The Kier molecular flexibility index (Phi) is 4.81. The van der Waals surface area contributed by atoms with Crippen LogP contribution in [0.5, 0.6) is 0 Å². The number of carboxylic acids is 1. The van der Waals surface area contributed by atoms with Crippen molar-refractivity contribution in [3.8, 4) is 0 Å². The molecular weight excluding hydrogens is 293 g/mol. The van der Waals surface area contributed by atoms with Crippen LogP contribution in [0.25, 0.3) is 0 Å². The molecule has 2 aromatic rings. The Labute approximate surface area is 127 Å². The molecule has 0 aromatic heterocycles. The highest BCUT2D eigenvalue weighted by Gasteiger charge is 2.19. The van der Waals surface area contributed by atoms with Gasteiger partial charge in [-0.2, -0.15) is 0 Å². The number of rotatable bonds is 5. The van der Waals surface area contributed by atoms with Crippen molar-refractivity contribution in [1.82, 2.24) is 0 Å². The lowest BCUT2D eigenvalue weighted by molar-refractivity contribution is -0.135. The van der Waals surface area contributed by atoms with Gasteiger partial charge in [0.1, 0.15) is 12.4 Å². The van der Waals surface area contributed by atoms with E-state index in [0.717, 1.165) is 11.3 Å². The number of benzene rings is 2. The third-order valence-corrected chi connectivity index (χ3v) is 3.54. The van der Waals surface area contributed by atoms with E-state index in [1.807, 2.05) is 6.92 Å². The Balaban J connectivity index is 2.32. The molecule has 0 aliphatic heterocycles. The lowest BCUT2D eigenvalue weighted by Gasteiger charge is -2.30. The number of anilines is 1. The maximum absolute atomic E-state index is 13.0. The molecule has 21 heavy (non-hydrogen) atoms. The first-order valence-corrected chi connectivity index (χ1v) is 6.84. The smallest absolute Gasteiger partial charge is 0.323 e. The topological polar surface area (TPSA) is 40.5 Å². The number of halogens is 2. The number of nitrogens with zero attached hydrogens (tertiary/aromatic N) is 1. The molecule has 1 N–H and O–H groups in total. The fourth-order valence-corrected chi connectivity index (χ4v) is 2.28. The number of hydrogen-bond acceptors (Lipinski definition) is 2. The molecule has 110 valence electrons. The lowest BCUT2D eigenvalue weighted by Crippen LogP contribution is -2.32. The molecule has 5 heteroatoms. The summed E-state index contributed by atoms with van der Waals surface area (Å²) in [7, 11) is 0. The SMILES string of the molecule is CC(c1ccc(F)cc1)N(CC(=O)O)c1ccc(Cl)cc1. The summed E-state index contributed by atoms with van der Waals surface area (Å²) in [6.45, 7) is 1.73. The maximum atomic E-state index is 13.0. The van der Waals surface area contributed by atoms with Gasteiger partial charge < -0.3 is 10.0 Å². The molecule has 0 aliphatic rings. The van der Waals surface area contributed by atoms with Crippen LogP contribution in [0.2, 0.25) is 5.02 Å². The van der Waals surface area contributed by atoms with E-state index >= 15 is 0 Å². The van der Waals surface area contributed by atoms with Crippen LogP contribution in [0.3, 0.4) is 0 Å². The van der Waals surface area contributed by atoms with E-state index in [1.54, 1.807) is 41.3 Å². The molecule has 0 saturated heterocycles. The van der Waals surface area contributed by atoms with Gasteiger partial charge in [0.15, 0.2) is 0 Å². The summed E-state index contributed by atoms with van der Waals surface area (Å²) in [5, 5.41) is 9.70. The molecule has 0 bridgehead atoms. The molecular formula is C16H15ClFNO2. The summed E-state index contributed by atoms with van der Waals surface area (Å²) < 4.78 is 13.0. The highest BCUT2D eigenvalue weighted by molar-refractivity contribution is 6.30. The summed E-state index contributed by atoms with van der Waals surface area (Å²) in [6.07, 6.45) is 0. The minimum atomic E-state index is -0.932. The minimum Gasteiger partial charge on any atom is -0.480 e. The van der Waals surface area contributed by atoms with Gasteiger partial charge in [-0.15, -0.1) is 0 Å². The van der Waals surface area contributed by atoms with Crippen molar-refractivity contribution in [2.24, 2.45) is 0 Å². The molecule has 0 aliphatic carbocycles. The van der Waals surface area contributed by atoms with Crippen molar-refractivity contribution in [3.05, 3.63) is 64.9 Å². The van der Waals surface area contributed by atoms with Gasteiger partial charge in [0.05, 0.1) is 6.04 Å². The highest BCUT2D eigenvalue weighted by Crippen LogP contribution is 2.27. The molecule has 1 atom stereocenters. The average molecular weight is 308 g/mol. The average Bonchev–Trinajstić information content (AvgIpc) is 2.46. The van der Waals surface area contributed by atoms with Gasteiger partial charge in [0.2, 0.25) is 0 Å². The van der Waals surface area contributed by atoms with Gasteiger partial charge >= 0.3 is 5.97 Å². The zero-order valence-electron chi connectivity index (χ0n) is 11.5. The van der Waals surface area contributed by atoms with Gasteiger partial charge in [0, 0.05) is 10.7 Å². The molecule has 0 fully saturated rings. The second-order valence-corrected chi connectivity index (χ2v) is 5.16. The van der Waals surface area contributed by atoms with Crippen molar-refractivity contribution < 1.29 is 14.3 Å². The van der Waals surface area contributed by atoms with E-state index in [-0.39, 0.29) is 18.4 Å². The van der Waals surface area contributed by atoms with Crippen molar-refractivity contribution in [1.29, 1.82) is 0 Å². The van der Waals surface area contributed by atoms with E-state index in [9.17, 15) is 9.18 Å². The van der Waals surface area contributed by atoms with Gasteiger partial charge in [-0.3, -0.25) is 4.79 Å². The molecule has 2 aromatic carbocycles. The Morgan fingerprint density at radius 2 is 1.76 bits per heavy atom. The van der Waals surface area contributed by atoms with E-state index in [1.165, 1.54) is 12.1 Å². The van der Waals surface area contributed by atoms with E-state index < -0.39 is 5.97 Å². The van der Waals surface area contributed by atoms with E-state index in [4.69, 9.17) is 16.7 Å². The van der Waals surface area contributed by atoms with Gasteiger partial charge in [-0.1, -0.05) is 23.7 Å². The second-order valence-electron chi connectivity index (χ2n) is 4.73. The summed E-state index contributed by atoms with van der Waals surface area (Å²) in [5.74, 6) is -1.25. The Morgan fingerprint density at radius 1 is 1.19 bits per heavy atom. The van der Waals surface area contributed by atoms with Crippen molar-refractivity contribution >= 4 is 23.3 Å². The summed E-state index contributed by atoms with van der Waals surface area (Å²) >= 11 is 5.86. The normalized spacial score (nSPS) is 12.0. The van der Waals surface area contributed by atoms with Gasteiger partial charge in [-0.25, -0.2) is 4.39 Å². The molecule has 0 radical (unpaired) electrons. The van der Waals surface area contributed by atoms with Crippen LogP contribution in [0, 0.1) is 5.82 Å². The molecule has 2 rings (SSSR count). The van der Waals surface area contributed by atoms with Gasteiger partial charge in [-0.05, 0) is 48.9 Å². The first kappa shape index (κ1) is 15.3. The third-order valence-electron chi connectivity index (χ3n) is 3.28.